The second kappa shape index (κ2) is 8.92. The number of aryl methyl sites for hydroxylation is 1. The number of thioether (sulfide) groups is 1. The van der Waals surface area contributed by atoms with E-state index in [2.05, 4.69) is 0 Å². The van der Waals surface area contributed by atoms with E-state index in [0.717, 1.165) is 5.56 Å². The molecular formula is C27H31ClN2O5S. The van der Waals surface area contributed by atoms with E-state index < -0.39 is 39.4 Å². The fourth-order valence-corrected chi connectivity index (χ4v) is 8.90. The number of fused-ring (bicyclic) bond motifs is 2. The van der Waals surface area contributed by atoms with E-state index in [1.807, 2.05) is 64.1 Å². The number of aliphatic hydroxyl groups is 1. The average Bonchev–Trinajstić information content (AvgIpc) is 3.07. The molecule has 36 heavy (non-hydrogen) atoms. The quantitative estimate of drug-likeness (QED) is 0.474. The van der Waals surface area contributed by atoms with E-state index in [1.54, 1.807) is 15.9 Å². The van der Waals surface area contributed by atoms with Crippen molar-refractivity contribution in [3.63, 3.8) is 0 Å². The number of esters is 1. The van der Waals surface area contributed by atoms with Crippen molar-refractivity contribution in [3.05, 3.63) is 53.1 Å². The summed E-state index contributed by atoms with van der Waals surface area (Å²) < 4.78 is 3.75. The standard InChI is InChI=1S/C27H31ClN2O5S/c1-15(2)18(14-31)30-22-24(33)29(21-16(3)8-5-9-17(21)28)12-6-11-27(22)19(23(30)32)20-25(34)35-13-7-10-26(20,4)36-27/h5-11,15,18-20,22,31H,12-14H2,1-4H3/t18-,19-,20+,22?,26-,27-/m0/s1. The number of carbonyl (C=O) groups excluding carboxylic acids is 3. The largest absolute Gasteiger partial charge is 0.461 e. The van der Waals surface area contributed by atoms with Crippen molar-refractivity contribution in [1.29, 1.82) is 0 Å². The molecule has 0 radical (unpaired) electrons. The topological polar surface area (TPSA) is 87.2 Å². The molecule has 7 nitrogen and oxygen atoms in total. The molecule has 2 fully saturated rings. The van der Waals surface area contributed by atoms with Crippen molar-refractivity contribution < 1.29 is 24.2 Å². The van der Waals surface area contributed by atoms with Crippen LogP contribution in [0.25, 0.3) is 0 Å². The third kappa shape index (κ3) is 3.48. The number of rotatable bonds is 4. The van der Waals surface area contributed by atoms with Gasteiger partial charge in [0.2, 0.25) is 5.91 Å². The SMILES string of the molecule is Cc1cccc(Cl)c1N1CC=C[C@]23S[C@@]4(C)C=CCOC(=O)[C@H]4[C@H]2C(=O)N([C@@H](CO)C(C)C)C3C1=O. The highest BCUT2D eigenvalue weighted by molar-refractivity contribution is 8.02. The number of carbonyl (C=O) groups is 3. The lowest BCUT2D eigenvalue weighted by Gasteiger charge is -2.41. The van der Waals surface area contributed by atoms with Crippen LogP contribution >= 0.6 is 23.4 Å². The molecule has 6 atom stereocenters. The molecule has 4 aliphatic heterocycles. The van der Waals surface area contributed by atoms with Crippen LogP contribution in [0.3, 0.4) is 0 Å². The molecule has 4 aliphatic rings. The molecular weight excluding hydrogens is 500 g/mol. The first kappa shape index (κ1) is 25.4. The lowest BCUT2D eigenvalue weighted by Crippen LogP contribution is -2.58. The van der Waals surface area contributed by atoms with Crippen molar-refractivity contribution in [2.24, 2.45) is 17.8 Å². The van der Waals surface area contributed by atoms with Gasteiger partial charge in [0, 0.05) is 11.3 Å². The Bertz CT molecular complexity index is 1160. The highest BCUT2D eigenvalue weighted by atomic mass is 35.5. The zero-order valence-corrected chi connectivity index (χ0v) is 22.4. The zero-order valence-electron chi connectivity index (χ0n) is 20.8. The Morgan fingerprint density at radius 1 is 1.17 bits per heavy atom. The molecule has 0 bridgehead atoms. The van der Waals surface area contributed by atoms with Crippen molar-refractivity contribution in [1.82, 2.24) is 4.90 Å². The van der Waals surface area contributed by atoms with Gasteiger partial charge >= 0.3 is 5.97 Å². The molecule has 9 heteroatoms. The fraction of sp³-hybridized carbons (Fsp3) is 0.519. The van der Waals surface area contributed by atoms with Crippen molar-refractivity contribution in [2.45, 2.75) is 49.3 Å². The number of benzene rings is 1. The van der Waals surface area contributed by atoms with Crippen LogP contribution in [-0.2, 0) is 19.1 Å². The van der Waals surface area contributed by atoms with E-state index in [1.165, 1.54) is 11.8 Å². The minimum atomic E-state index is -0.999. The van der Waals surface area contributed by atoms with Gasteiger partial charge in [-0.2, -0.15) is 0 Å². The van der Waals surface area contributed by atoms with E-state index >= 15 is 0 Å². The molecule has 1 spiro atoms. The Morgan fingerprint density at radius 3 is 2.58 bits per heavy atom. The Hall–Kier alpha value is -2.29. The molecule has 1 N–H and O–H groups in total. The third-order valence-electron chi connectivity index (χ3n) is 8.02. The Kier molecular flexibility index (Phi) is 6.29. The van der Waals surface area contributed by atoms with Crippen LogP contribution in [0.2, 0.25) is 5.02 Å². The molecule has 1 aromatic rings. The lowest BCUT2D eigenvalue weighted by atomic mass is 9.75. The molecule has 2 amide bonds. The van der Waals surface area contributed by atoms with Crippen LogP contribution in [0.4, 0.5) is 5.69 Å². The number of anilines is 1. The maximum Gasteiger partial charge on any atom is 0.311 e. The molecule has 1 aromatic carbocycles. The summed E-state index contributed by atoms with van der Waals surface area (Å²) in [6.07, 6.45) is 7.61. The molecule has 2 saturated heterocycles. The molecule has 4 heterocycles. The summed E-state index contributed by atoms with van der Waals surface area (Å²) in [5.74, 6) is -2.65. The Labute approximate surface area is 220 Å². The minimum absolute atomic E-state index is 0.109. The zero-order chi connectivity index (χ0) is 26.0. The minimum Gasteiger partial charge on any atom is -0.461 e. The number of halogens is 1. The maximum atomic E-state index is 14.5. The monoisotopic (exact) mass is 530 g/mol. The van der Waals surface area contributed by atoms with Crippen LogP contribution < -0.4 is 4.90 Å². The summed E-state index contributed by atoms with van der Waals surface area (Å²) in [6, 6.07) is 3.98. The van der Waals surface area contributed by atoms with E-state index in [9.17, 15) is 19.5 Å². The predicted molar refractivity (Wildman–Crippen MR) is 140 cm³/mol. The number of likely N-dealkylation sites (tertiary alicyclic amines) is 1. The van der Waals surface area contributed by atoms with Crippen LogP contribution in [0.5, 0.6) is 0 Å². The van der Waals surface area contributed by atoms with Crippen molar-refractivity contribution in [3.8, 4) is 0 Å². The van der Waals surface area contributed by atoms with E-state index in [-0.39, 0.29) is 37.5 Å². The Morgan fingerprint density at radius 2 is 1.92 bits per heavy atom. The summed E-state index contributed by atoms with van der Waals surface area (Å²) in [6.45, 7) is 7.83. The van der Waals surface area contributed by atoms with E-state index in [0.29, 0.717) is 10.7 Å². The summed E-state index contributed by atoms with van der Waals surface area (Å²) in [5, 5.41) is 10.8. The molecule has 0 saturated carbocycles. The van der Waals surface area contributed by atoms with Crippen molar-refractivity contribution >= 4 is 46.8 Å². The van der Waals surface area contributed by atoms with E-state index in [4.69, 9.17) is 16.3 Å². The van der Waals surface area contributed by atoms with Crippen LogP contribution in [0.1, 0.15) is 26.3 Å². The highest BCUT2D eigenvalue weighted by Crippen LogP contribution is 2.66. The number of cyclic esters (lactones) is 1. The number of para-hydroxylation sites is 1. The Balaban J connectivity index is 1.72. The fourth-order valence-electron chi connectivity index (χ4n) is 6.44. The average molecular weight is 531 g/mol. The first-order valence-corrected chi connectivity index (χ1v) is 13.5. The van der Waals surface area contributed by atoms with Gasteiger partial charge in [-0.25, -0.2) is 0 Å². The summed E-state index contributed by atoms with van der Waals surface area (Å²) >= 11 is 8.07. The third-order valence-corrected chi connectivity index (χ3v) is 10.1. The maximum absolute atomic E-state index is 14.5. The molecule has 0 aromatic heterocycles. The smallest absolute Gasteiger partial charge is 0.311 e. The van der Waals surface area contributed by atoms with Gasteiger partial charge in [0.05, 0.1) is 39.9 Å². The number of aliphatic hydroxyl groups excluding tert-OH is 1. The second-order valence-electron chi connectivity index (χ2n) is 10.5. The molecule has 1 unspecified atom stereocenters. The summed E-state index contributed by atoms with van der Waals surface area (Å²) in [7, 11) is 0. The van der Waals surface area contributed by atoms with Gasteiger partial charge < -0.3 is 19.6 Å². The second-order valence-corrected chi connectivity index (χ2v) is 12.7. The first-order chi connectivity index (χ1) is 17.1. The van der Waals surface area contributed by atoms with Gasteiger partial charge in [-0.15, -0.1) is 11.8 Å². The van der Waals surface area contributed by atoms with Gasteiger partial charge in [-0.1, -0.05) is 55.8 Å². The van der Waals surface area contributed by atoms with Crippen LogP contribution in [0.15, 0.2) is 42.5 Å². The highest BCUT2D eigenvalue weighted by Gasteiger charge is 2.74. The van der Waals surface area contributed by atoms with Gasteiger partial charge in [-0.3, -0.25) is 14.4 Å². The number of amides is 2. The molecule has 0 aliphatic carbocycles. The summed E-state index contributed by atoms with van der Waals surface area (Å²) in [5.41, 5.74) is 1.45. The van der Waals surface area contributed by atoms with Gasteiger partial charge in [0.1, 0.15) is 12.6 Å². The number of ether oxygens (including phenoxy) is 1. The van der Waals surface area contributed by atoms with Gasteiger partial charge in [0.15, 0.2) is 0 Å². The summed E-state index contributed by atoms with van der Waals surface area (Å²) in [4.78, 5) is 45.3. The van der Waals surface area contributed by atoms with Crippen molar-refractivity contribution in [2.75, 3.05) is 24.7 Å². The number of hydrogen-bond acceptors (Lipinski definition) is 6. The molecule has 5 rings (SSSR count). The van der Waals surface area contributed by atoms with Gasteiger partial charge in [-0.05, 0) is 37.5 Å². The number of hydrogen-bond donors (Lipinski definition) is 1. The first-order valence-electron chi connectivity index (χ1n) is 12.3. The lowest BCUT2D eigenvalue weighted by molar-refractivity contribution is -0.153. The number of nitrogens with zero attached hydrogens (tertiary/aromatic N) is 2. The van der Waals surface area contributed by atoms with Gasteiger partial charge in [0.25, 0.3) is 5.91 Å². The van der Waals surface area contributed by atoms with Crippen LogP contribution in [0, 0.1) is 24.7 Å². The molecule has 192 valence electrons. The normalized spacial score (nSPS) is 34.3. The predicted octanol–water partition coefficient (Wildman–Crippen LogP) is 3.37. The van der Waals surface area contributed by atoms with Crippen LogP contribution in [-0.4, -0.2) is 69.1 Å².